The van der Waals surface area contributed by atoms with Crippen LogP contribution in [0.4, 0.5) is 34.1 Å². The van der Waals surface area contributed by atoms with Crippen LogP contribution >= 0.6 is 0 Å². The predicted octanol–water partition coefficient (Wildman–Crippen LogP) is 25.7. The molecule has 0 amide bonds. The summed E-state index contributed by atoms with van der Waals surface area (Å²) in [5.74, 6) is 0. The van der Waals surface area contributed by atoms with E-state index in [0.717, 1.165) is 101 Å². The molecule has 3 heteroatoms. The first-order valence-electron chi connectivity index (χ1n) is 31.9. The Bertz CT molecular complexity index is 5590. The first kappa shape index (κ1) is 54.8. The van der Waals surface area contributed by atoms with Gasteiger partial charge in [-0.05, 0) is 166 Å². The molecule has 0 aliphatic rings. The van der Waals surface area contributed by atoms with Crippen molar-refractivity contribution in [2.75, 3.05) is 9.80 Å². The molecule has 0 bridgehead atoms. The van der Waals surface area contributed by atoms with Gasteiger partial charge in [0.2, 0.25) is 0 Å². The largest absolute Gasteiger partial charge is 0.455 e. The monoisotopic (exact) mass is 1180 g/mol. The minimum Gasteiger partial charge on any atom is -0.455 e. The van der Waals surface area contributed by atoms with E-state index in [1.54, 1.807) is 0 Å². The Morgan fingerprint density at radius 2 is 0.548 bits per heavy atom. The molecule has 3 nitrogen and oxygen atoms in total. The van der Waals surface area contributed by atoms with Crippen molar-refractivity contribution >= 4 is 88.4 Å². The fraction of sp³-hybridized carbons (Fsp3) is 0. The van der Waals surface area contributed by atoms with Crippen LogP contribution in [0.2, 0.25) is 0 Å². The second-order valence-electron chi connectivity index (χ2n) is 23.9. The minimum atomic E-state index is 0.878. The first-order valence-corrected chi connectivity index (χ1v) is 31.9. The van der Waals surface area contributed by atoms with Gasteiger partial charge in [-0.25, -0.2) is 0 Å². The summed E-state index contributed by atoms with van der Waals surface area (Å²) in [6, 6.07) is 132. The zero-order valence-electron chi connectivity index (χ0n) is 50.9. The summed E-state index contributed by atoms with van der Waals surface area (Å²) in [5, 5.41) is 9.58. The maximum Gasteiger partial charge on any atom is 0.143 e. The van der Waals surface area contributed by atoms with Crippen LogP contribution in [-0.4, -0.2) is 0 Å². The Morgan fingerprint density at radius 3 is 1.15 bits per heavy atom. The van der Waals surface area contributed by atoms with Crippen molar-refractivity contribution in [1.29, 1.82) is 0 Å². The number of para-hydroxylation sites is 3. The van der Waals surface area contributed by atoms with E-state index in [2.05, 4.69) is 374 Å². The van der Waals surface area contributed by atoms with E-state index in [4.69, 9.17) is 4.42 Å². The van der Waals surface area contributed by atoms with Crippen LogP contribution in [0.1, 0.15) is 0 Å². The summed E-state index contributed by atoms with van der Waals surface area (Å²) in [6.07, 6.45) is 0. The summed E-state index contributed by atoms with van der Waals surface area (Å²) < 4.78 is 6.94. The van der Waals surface area contributed by atoms with Crippen molar-refractivity contribution in [3.05, 3.63) is 364 Å². The molecule has 17 aromatic rings. The highest BCUT2D eigenvalue weighted by atomic mass is 16.3. The Balaban J connectivity index is 0.777. The molecule has 1 aromatic heterocycles. The van der Waals surface area contributed by atoms with Crippen LogP contribution in [-0.2, 0) is 0 Å². The van der Waals surface area contributed by atoms with Crippen molar-refractivity contribution < 1.29 is 4.42 Å². The van der Waals surface area contributed by atoms with Crippen molar-refractivity contribution in [3.8, 4) is 77.9 Å². The van der Waals surface area contributed by atoms with E-state index in [0.29, 0.717) is 0 Å². The molecule has 93 heavy (non-hydrogen) atoms. The van der Waals surface area contributed by atoms with Crippen LogP contribution in [0.15, 0.2) is 368 Å². The zero-order chi connectivity index (χ0) is 61.6. The highest BCUT2D eigenvalue weighted by Crippen LogP contribution is 2.47. The van der Waals surface area contributed by atoms with Crippen molar-refractivity contribution in [3.63, 3.8) is 0 Å². The number of rotatable bonds is 13. The van der Waals surface area contributed by atoms with Gasteiger partial charge in [-0.3, -0.25) is 0 Å². The Hall–Kier alpha value is -12.3. The second-order valence-corrected chi connectivity index (χ2v) is 23.9. The van der Waals surface area contributed by atoms with Crippen LogP contribution in [0.3, 0.4) is 0 Å². The molecule has 0 N–H and O–H groups in total. The van der Waals surface area contributed by atoms with Gasteiger partial charge < -0.3 is 14.2 Å². The number of hydrogen-bond acceptors (Lipinski definition) is 3. The highest BCUT2D eigenvalue weighted by Gasteiger charge is 2.22. The molecular formula is C90H60N2O. The molecule has 0 aliphatic carbocycles. The van der Waals surface area contributed by atoms with Gasteiger partial charge in [-0.1, -0.05) is 291 Å². The molecule has 0 atom stereocenters. The fourth-order valence-electron chi connectivity index (χ4n) is 13.9. The summed E-state index contributed by atoms with van der Waals surface area (Å²) in [4.78, 5) is 4.80. The second kappa shape index (κ2) is 23.6. The summed E-state index contributed by atoms with van der Waals surface area (Å²) in [6.45, 7) is 0. The van der Waals surface area contributed by atoms with Gasteiger partial charge in [0.25, 0.3) is 0 Å². The lowest BCUT2D eigenvalue weighted by Crippen LogP contribution is -2.12. The van der Waals surface area contributed by atoms with Crippen LogP contribution in [0.5, 0.6) is 0 Å². The van der Waals surface area contributed by atoms with Crippen LogP contribution in [0, 0.1) is 0 Å². The maximum absolute atomic E-state index is 6.94. The van der Waals surface area contributed by atoms with E-state index >= 15 is 0 Å². The Labute approximate surface area is 541 Å². The van der Waals surface area contributed by atoms with E-state index < -0.39 is 0 Å². The van der Waals surface area contributed by atoms with E-state index in [1.165, 1.54) is 65.7 Å². The molecule has 0 saturated carbocycles. The summed E-state index contributed by atoms with van der Waals surface area (Å²) in [5.41, 5.74) is 24.1. The quantitative estimate of drug-likeness (QED) is 0.115. The van der Waals surface area contributed by atoms with Crippen molar-refractivity contribution in [2.45, 2.75) is 0 Å². The molecule has 0 fully saturated rings. The number of nitrogens with zero attached hydrogens (tertiary/aromatic N) is 2. The van der Waals surface area contributed by atoms with Gasteiger partial charge in [0.15, 0.2) is 0 Å². The number of fused-ring (bicyclic) bond motifs is 6. The highest BCUT2D eigenvalue weighted by molar-refractivity contribution is 6.13. The van der Waals surface area contributed by atoms with Gasteiger partial charge in [-0.15, -0.1) is 0 Å². The lowest BCUT2D eigenvalue weighted by molar-refractivity contribution is 0.671. The van der Waals surface area contributed by atoms with Crippen LogP contribution in [0.25, 0.3) is 132 Å². The standard InChI is InChI=1S/C90H60N2O/c1-3-20-63(21-4-1)79-57-58-80(85-32-12-11-31-84(79)85)67-45-53-73(54-46-67)91(72-51-43-66(44-52-72)78-33-16-26-64-24-9-10-29-77(64)78)76-28-15-27-71(60-76)81-30-13-14-38-88(81)92(74-49-41-62(42-50-74)70-40-39-61-19-7-8-25-69(61)59-70)75-55-47-68(48-56-75)83-35-18-37-87-86-36-17-34-82(89(86)93-90(83)87)65-22-5-2-6-23-65/h1-60H. The lowest BCUT2D eigenvalue weighted by Gasteiger charge is -2.29. The molecule has 0 unspecified atom stereocenters. The van der Waals surface area contributed by atoms with Crippen LogP contribution < -0.4 is 9.80 Å². The third-order valence-corrected chi connectivity index (χ3v) is 18.5. The minimum absolute atomic E-state index is 0.878. The molecule has 0 aliphatic heterocycles. The lowest BCUT2D eigenvalue weighted by atomic mass is 9.92. The van der Waals surface area contributed by atoms with Gasteiger partial charge in [0.1, 0.15) is 11.2 Å². The number of hydrogen-bond donors (Lipinski definition) is 0. The molecule has 436 valence electrons. The third kappa shape index (κ3) is 10.2. The topological polar surface area (TPSA) is 19.6 Å². The van der Waals surface area contributed by atoms with Gasteiger partial charge >= 0.3 is 0 Å². The zero-order valence-corrected chi connectivity index (χ0v) is 50.9. The smallest absolute Gasteiger partial charge is 0.143 e. The van der Waals surface area contributed by atoms with Crippen molar-refractivity contribution in [1.82, 2.24) is 0 Å². The molecule has 17 rings (SSSR count). The Kier molecular flexibility index (Phi) is 13.9. The van der Waals surface area contributed by atoms with E-state index in [1.807, 2.05) is 0 Å². The molecule has 0 radical (unpaired) electrons. The average Bonchev–Trinajstić information content (AvgIpc) is 1.71. The normalized spacial score (nSPS) is 11.4. The van der Waals surface area contributed by atoms with Crippen molar-refractivity contribution in [2.24, 2.45) is 0 Å². The molecule has 16 aromatic carbocycles. The van der Waals surface area contributed by atoms with E-state index in [9.17, 15) is 0 Å². The Morgan fingerprint density at radius 1 is 0.172 bits per heavy atom. The maximum atomic E-state index is 6.94. The molecule has 0 saturated heterocycles. The number of anilines is 6. The molecular weight excluding hydrogens is 1130 g/mol. The summed E-state index contributed by atoms with van der Waals surface area (Å²) >= 11 is 0. The molecule has 1 heterocycles. The third-order valence-electron chi connectivity index (χ3n) is 18.5. The predicted molar refractivity (Wildman–Crippen MR) is 394 cm³/mol. The number of furan rings is 1. The molecule has 0 spiro atoms. The number of benzene rings is 16. The summed E-state index contributed by atoms with van der Waals surface area (Å²) in [7, 11) is 0. The fourth-order valence-corrected chi connectivity index (χ4v) is 13.9. The average molecular weight is 1190 g/mol. The van der Waals surface area contributed by atoms with Gasteiger partial charge in [0.05, 0.1) is 5.69 Å². The van der Waals surface area contributed by atoms with Gasteiger partial charge in [0, 0.05) is 55.9 Å². The SMILES string of the molecule is c1ccc(-c2ccc(-c3ccc(N(c4ccc(-c5cccc6ccccc56)cc4)c4cccc(-c5ccccc5N(c5ccc(-c6ccc7ccccc7c6)cc5)c5ccc(-c6cccc7c6oc6c(-c8ccccc8)cccc67)cc5)c4)cc3)c3ccccc23)cc1. The van der Waals surface area contributed by atoms with E-state index in [-0.39, 0.29) is 0 Å². The van der Waals surface area contributed by atoms with Gasteiger partial charge in [-0.2, -0.15) is 0 Å². The first-order chi connectivity index (χ1) is 46.1.